The maximum absolute atomic E-state index is 9.78. The molecular weight excluding hydrogens is 226 g/mol. The topological polar surface area (TPSA) is 48.4 Å². The zero-order valence-corrected chi connectivity index (χ0v) is 12.1. The van der Waals surface area contributed by atoms with Gasteiger partial charge in [0.15, 0.2) is 0 Å². The first-order chi connectivity index (χ1) is 8.33. The molecular formula is C14H25N3O. The quantitative estimate of drug-likeness (QED) is 0.811. The number of aliphatic hydroxyl groups is 1. The van der Waals surface area contributed by atoms with Gasteiger partial charge in [-0.3, -0.25) is 0 Å². The predicted octanol–water partition coefficient (Wildman–Crippen LogP) is 1.96. The van der Waals surface area contributed by atoms with Crippen molar-refractivity contribution >= 4 is 5.82 Å². The number of hydrogen-bond donors (Lipinski definition) is 2. The molecule has 0 amide bonds. The van der Waals surface area contributed by atoms with Gasteiger partial charge in [0.25, 0.3) is 0 Å². The van der Waals surface area contributed by atoms with Crippen molar-refractivity contribution in [2.24, 2.45) is 0 Å². The van der Waals surface area contributed by atoms with Crippen molar-refractivity contribution in [3.05, 3.63) is 23.9 Å². The molecule has 1 unspecified atom stereocenters. The minimum atomic E-state index is -0.716. The number of anilines is 1. The SMILES string of the molecule is CCNC(C)c1ccc(N(C)CC(C)(C)O)nc1. The molecule has 102 valence electrons. The fraction of sp³-hybridized carbons (Fsp3) is 0.643. The second kappa shape index (κ2) is 6.16. The van der Waals surface area contributed by atoms with Gasteiger partial charge >= 0.3 is 0 Å². The van der Waals surface area contributed by atoms with Gasteiger partial charge in [-0.15, -0.1) is 0 Å². The molecule has 4 nitrogen and oxygen atoms in total. The summed E-state index contributed by atoms with van der Waals surface area (Å²) in [6.45, 7) is 9.32. The molecule has 0 saturated carbocycles. The van der Waals surface area contributed by atoms with Crippen molar-refractivity contribution in [2.75, 3.05) is 25.0 Å². The molecule has 1 aromatic heterocycles. The number of rotatable bonds is 6. The van der Waals surface area contributed by atoms with Crippen molar-refractivity contribution in [3.8, 4) is 0 Å². The third-order valence-electron chi connectivity index (χ3n) is 2.80. The molecule has 1 atom stereocenters. The number of nitrogens with zero attached hydrogens (tertiary/aromatic N) is 2. The molecule has 0 aliphatic carbocycles. The zero-order valence-electron chi connectivity index (χ0n) is 12.1. The summed E-state index contributed by atoms with van der Waals surface area (Å²) in [5.74, 6) is 0.879. The largest absolute Gasteiger partial charge is 0.389 e. The second-order valence-corrected chi connectivity index (χ2v) is 5.40. The fourth-order valence-electron chi connectivity index (χ4n) is 1.96. The molecule has 1 rings (SSSR count). The Balaban J connectivity index is 2.70. The maximum Gasteiger partial charge on any atom is 0.128 e. The molecule has 2 N–H and O–H groups in total. The first-order valence-electron chi connectivity index (χ1n) is 6.46. The number of nitrogens with one attached hydrogen (secondary N) is 1. The van der Waals surface area contributed by atoms with Gasteiger partial charge in [-0.2, -0.15) is 0 Å². The van der Waals surface area contributed by atoms with E-state index in [1.165, 1.54) is 5.56 Å². The average molecular weight is 251 g/mol. The van der Waals surface area contributed by atoms with Crippen molar-refractivity contribution < 1.29 is 5.11 Å². The van der Waals surface area contributed by atoms with Crippen LogP contribution in [0.5, 0.6) is 0 Å². The first kappa shape index (κ1) is 14.9. The van der Waals surface area contributed by atoms with Crippen LogP contribution in [0.3, 0.4) is 0 Å². The Labute approximate surface area is 110 Å². The smallest absolute Gasteiger partial charge is 0.128 e. The molecule has 4 heteroatoms. The number of aromatic nitrogens is 1. The number of pyridine rings is 1. The van der Waals surface area contributed by atoms with Crippen molar-refractivity contribution in [2.45, 2.75) is 39.3 Å². The van der Waals surface area contributed by atoms with Gasteiger partial charge < -0.3 is 15.3 Å². The van der Waals surface area contributed by atoms with Crippen molar-refractivity contribution in [1.29, 1.82) is 0 Å². The third-order valence-corrected chi connectivity index (χ3v) is 2.80. The molecule has 0 fully saturated rings. The summed E-state index contributed by atoms with van der Waals surface area (Å²) in [5, 5.41) is 13.1. The van der Waals surface area contributed by atoms with E-state index in [0.29, 0.717) is 12.6 Å². The minimum Gasteiger partial charge on any atom is -0.389 e. The van der Waals surface area contributed by atoms with Crippen molar-refractivity contribution in [3.63, 3.8) is 0 Å². The predicted molar refractivity (Wildman–Crippen MR) is 75.9 cm³/mol. The number of hydrogen-bond acceptors (Lipinski definition) is 4. The van der Waals surface area contributed by atoms with Crippen LogP contribution in [0.2, 0.25) is 0 Å². The van der Waals surface area contributed by atoms with E-state index < -0.39 is 5.60 Å². The van der Waals surface area contributed by atoms with Gasteiger partial charge in [0, 0.05) is 25.8 Å². The van der Waals surface area contributed by atoms with E-state index in [-0.39, 0.29) is 0 Å². The van der Waals surface area contributed by atoms with Crippen LogP contribution in [0, 0.1) is 0 Å². The summed E-state index contributed by atoms with van der Waals surface area (Å²) >= 11 is 0. The molecule has 0 aliphatic rings. The molecule has 0 aromatic carbocycles. The van der Waals surface area contributed by atoms with E-state index in [1.54, 1.807) is 13.8 Å². The van der Waals surface area contributed by atoms with Gasteiger partial charge in [-0.05, 0) is 38.9 Å². The van der Waals surface area contributed by atoms with Gasteiger partial charge in [-0.25, -0.2) is 4.98 Å². The maximum atomic E-state index is 9.78. The summed E-state index contributed by atoms with van der Waals surface area (Å²) in [6, 6.07) is 4.39. The van der Waals surface area contributed by atoms with Crippen LogP contribution in [0.15, 0.2) is 18.3 Å². The van der Waals surface area contributed by atoms with E-state index in [4.69, 9.17) is 0 Å². The Morgan fingerprint density at radius 3 is 2.56 bits per heavy atom. The van der Waals surface area contributed by atoms with Crippen LogP contribution >= 0.6 is 0 Å². The summed E-state index contributed by atoms with van der Waals surface area (Å²) in [5.41, 5.74) is 0.462. The molecule has 0 spiro atoms. The lowest BCUT2D eigenvalue weighted by Crippen LogP contribution is -2.36. The summed E-state index contributed by atoms with van der Waals surface area (Å²) in [6.07, 6.45) is 1.89. The van der Waals surface area contributed by atoms with Crippen LogP contribution in [0.25, 0.3) is 0 Å². The molecule has 0 bridgehead atoms. The van der Waals surface area contributed by atoms with Crippen LogP contribution in [-0.2, 0) is 0 Å². The van der Waals surface area contributed by atoms with Gasteiger partial charge in [0.1, 0.15) is 5.82 Å². The van der Waals surface area contributed by atoms with Gasteiger partial charge in [-0.1, -0.05) is 13.0 Å². The van der Waals surface area contributed by atoms with Gasteiger partial charge in [0.05, 0.1) is 5.60 Å². The summed E-state index contributed by atoms with van der Waals surface area (Å²) in [7, 11) is 1.94. The van der Waals surface area contributed by atoms with E-state index >= 15 is 0 Å². The normalized spacial score (nSPS) is 13.4. The van der Waals surface area contributed by atoms with Crippen molar-refractivity contribution in [1.82, 2.24) is 10.3 Å². The second-order valence-electron chi connectivity index (χ2n) is 5.40. The zero-order chi connectivity index (χ0) is 13.8. The standard InChI is InChI=1S/C14H25N3O/c1-6-15-11(2)12-7-8-13(16-9-12)17(5)10-14(3,4)18/h7-9,11,15,18H,6,10H2,1-5H3. The lowest BCUT2D eigenvalue weighted by atomic mass is 10.1. The Morgan fingerprint density at radius 1 is 1.44 bits per heavy atom. The first-order valence-corrected chi connectivity index (χ1v) is 6.46. The Bertz CT molecular complexity index is 356. The molecule has 1 heterocycles. The highest BCUT2D eigenvalue weighted by molar-refractivity contribution is 5.39. The molecule has 1 aromatic rings. The number of likely N-dealkylation sites (N-methyl/N-ethyl adjacent to an activating group) is 1. The highest BCUT2D eigenvalue weighted by Crippen LogP contribution is 2.16. The third kappa shape index (κ3) is 4.63. The van der Waals surface area contributed by atoms with E-state index in [1.807, 2.05) is 24.2 Å². The monoisotopic (exact) mass is 251 g/mol. The fourth-order valence-corrected chi connectivity index (χ4v) is 1.96. The van der Waals surface area contributed by atoms with Crippen LogP contribution < -0.4 is 10.2 Å². The van der Waals surface area contributed by atoms with E-state index in [9.17, 15) is 5.11 Å². The van der Waals surface area contributed by atoms with Gasteiger partial charge in [0.2, 0.25) is 0 Å². The Kier molecular flexibility index (Phi) is 5.11. The minimum absolute atomic E-state index is 0.316. The van der Waals surface area contributed by atoms with Crippen LogP contribution in [-0.4, -0.2) is 35.8 Å². The Hall–Kier alpha value is -1.13. The summed E-state index contributed by atoms with van der Waals surface area (Å²) < 4.78 is 0. The molecule has 0 aliphatic heterocycles. The Morgan fingerprint density at radius 2 is 2.11 bits per heavy atom. The lowest BCUT2D eigenvalue weighted by Gasteiger charge is -2.26. The molecule has 0 radical (unpaired) electrons. The molecule has 18 heavy (non-hydrogen) atoms. The average Bonchev–Trinajstić information content (AvgIpc) is 2.27. The molecule has 0 saturated heterocycles. The lowest BCUT2D eigenvalue weighted by molar-refractivity contribution is 0.0884. The van der Waals surface area contributed by atoms with Crippen LogP contribution in [0.4, 0.5) is 5.82 Å². The highest BCUT2D eigenvalue weighted by atomic mass is 16.3. The highest BCUT2D eigenvalue weighted by Gasteiger charge is 2.16. The van der Waals surface area contributed by atoms with E-state index in [0.717, 1.165) is 12.4 Å². The van der Waals surface area contributed by atoms with Crippen LogP contribution in [0.1, 0.15) is 39.3 Å². The summed E-state index contributed by atoms with van der Waals surface area (Å²) in [4.78, 5) is 6.40. The van der Waals surface area contributed by atoms with E-state index in [2.05, 4.69) is 30.2 Å².